The molecule has 0 saturated heterocycles. The van der Waals surface area contributed by atoms with Gasteiger partial charge in [0.15, 0.2) is 0 Å². The normalized spacial score (nSPS) is 14.5. The molecule has 0 saturated carbocycles. The first-order chi connectivity index (χ1) is 16.5. The van der Waals surface area contributed by atoms with Crippen LogP contribution in [0, 0.1) is 5.82 Å². The molecule has 1 heterocycles. The van der Waals surface area contributed by atoms with Crippen LogP contribution in [-0.2, 0) is 6.61 Å². The zero-order valence-corrected chi connectivity index (χ0v) is 19.7. The number of benzene rings is 3. The quantitative estimate of drug-likeness (QED) is 0.364. The number of nitrogens with one attached hydrogen (secondary N) is 1. The zero-order chi connectivity index (χ0) is 25.4. The predicted octanol–water partition coefficient (Wildman–Crippen LogP) is 7.59. The smallest absolute Gasteiger partial charge is 0.496 e. The van der Waals surface area contributed by atoms with Gasteiger partial charge in [0.05, 0.1) is 12.6 Å². The maximum atomic E-state index is 13.9. The molecule has 3 aromatic rings. The van der Waals surface area contributed by atoms with E-state index in [4.69, 9.17) is 9.47 Å². The third kappa shape index (κ3) is 5.53. The Morgan fingerprint density at radius 1 is 0.943 bits per heavy atom. The van der Waals surface area contributed by atoms with Crippen LogP contribution in [0.25, 0.3) is 16.7 Å². The average Bonchev–Trinajstić information content (AvgIpc) is 2.75. The summed E-state index contributed by atoms with van der Waals surface area (Å²) in [5.74, 6) is -0.225. The average molecular weight is 487 g/mol. The number of ether oxygens (including phenoxy) is 3. The summed E-state index contributed by atoms with van der Waals surface area (Å²) in [7, 11) is 1.47. The maximum Gasteiger partial charge on any atom is 0.573 e. The van der Waals surface area contributed by atoms with Gasteiger partial charge in [-0.3, -0.25) is 0 Å². The summed E-state index contributed by atoms with van der Waals surface area (Å²) in [5.41, 5.74) is 4.77. The van der Waals surface area contributed by atoms with E-state index in [0.717, 1.165) is 28.0 Å². The predicted molar refractivity (Wildman–Crippen MR) is 127 cm³/mol. The Hall–Kier alpha value is -3.68. The van der Waals surface area contributed by atoms with Gasteiger partial charge >= 0.3 is 6.36 Å². The lowest BCUT2D eigenvalue weighted by Crippen LogP contribution is -2.32. The van der Waals surface area contributed by atoms with E-state index in [9.17, 15) is 17.6 Å². The molecule has 0 aliphatic carbocycles. The molecule has 3 aromatic carbocycles. The van der Waals surface area contributed by atoms with Crippen LogP contribution < -0.4 is 19.5 Å². The van der Waals surface area contributed by atoms with Crippen LogP contribution in [-0.4, -0.2) is 19.0 Å². The van der Waals surface area contributed by atoms with E-state index < -0.39 is 12.2 Å². The van der Waals surface area contributed by atoms with Gasteiger partial charge in [0.25, 0.3) is 0 Å². The highest BCUT2D eigenvalue weighted by molar-refractivity contribution is 5.88. The van der Waals surface area contributed by atoms with Gasteiger partial charge in [0.2, 0.25) is 0 Å². The molecule has 0 aromatic heterocycles. The Kier molecular flexibility index (Phi) is 6.40. The number of allylic oxidation sites excluding steroid dienone is 1. The minimum absolute atomic E-state index is 0.0434. The Morgan fingerprint density at radius 3 is 2.37 bits per heavy atom. The summed E-state index contributed by atoms with van der Waals surface area (Å²) in [5, 5.41) is 3.49. The van der Waals surface area contributed by atoms with E-state index in [-0.39, 0.29) is 23.6 Å². The summed E-state index contributed by atoms with van der Waals surface area (Å²) in [6.07, 6.45) is -2.70. The fourth-order valence-electron chi connectivity index (χ4n) is 4.41. The van der Waals surface area contributed by atoms with Crippen molar-refractivity contribution in [2.45, 2.75) is 39.3 Å². The van der Waals surface area contributed by atoms with Crippen LogP contribution in [0.15, 0.2) is 60.7 Å². The van der Waals surface area contributed by atoms with E-state index in [2.05, 4.69) is 30.0 Å². The van der Waals surface area contributed by atoms with Crippen molar-refractivity contribution in [2.24, 2.45) is 0 Å². The van der Waals surface area contributed by atoms with Crippen LogP contribution in [0.1, 0.15) is 31.9 Å². The fraction of sp³-hybridized carbons (Fsp3) is 0.259. The number of hydrogen-bond acceptors (Lipinski definition) is 4. The van der Waals surface area contributed by atoms with E-state index in [1.807, 2.05) is 19.1 Å². The minimum atomic E-state index is -4.80. The Balaban J connectivity index is 1.79. The van der Waals surface area contributed by atoms with Gasteiger partial charge in [-0.25, -0.2) is 4.39 Å². The first kappa shape index (κ1) is 24.4. The maximum absolute atomic E-state index is 13.9. The number of alkyl halides is 3. The molecule has 0 unspecified atom stereocenters. The molecule has 0 spiro atoms. The van der Waals surface area contributed by atoms with E-state index in [0.29, 0.717) is 11.3 Å². The molecule has 8 heteroatoms. The number of rotatable bonds is 6. The van der Waals surface area contributed by atoms with Crippen molar-refractivity contribution in [1.82, 2.24) is 0 Å². The van der Waals surface area contributed by atoms with Crippen LogP contribution in [0.3, 0.4) is 0 Å². The van der Waals surface area contributed by atoms with Gasteiger partial charge in [0.1, 0.15) is 29.7 Å². The van der Waals surface area contributed by atoms with Crippen molar-refractivity contribution in [2.75, 3.05) is 12.4 Å². The third-order valence-electron chi connectivity index (χ3n) is 5.62. The summed E-state index contributed by atoms with van der Waals surface area (Å²) >= 11 is 0. The lowest BCUT2D eigenvalue weighted by molar-refractivity contribution is -0.274. The number of hydrogen-bond donors (Lipinski definition) is 1. The van der Waals surface area contributed by atoms with Crippen molar-refractivity contribution in [1.29, 1.82) is 0 Å². The van der Waals surface area contributed by atoms with Gasteiger partial charge in [-0.1, -0.05) is 18.2 Å². The largest absolute Gasteiger partial charge is 0.573 e. The molecule has 0 atom stereocenters. The highest BCUT2D eigenvalue weighted by Crippen LogP contribution is 2.43. The van der Waals surface area contributed by atoms with E-state index in [1.165, 1.54) is 37.4 Å². The number of halogens is 4. The van der Waals surface area contributed by atoms with Crippen LogP contribution in [0.5, 0.6) is 17.2 Å². The third-order valence-corrected chi connectivity index (χ3v) is 5.62. The van der Waals surface area contributed by atoms with E-state index >= 15 is 0 Å². The topological polar surface area (TPSA) is 39.7 Å². The Bertz CT molecular complexity index is 1280. The summed E-state index contributed by atoms with van der Waals surface area (Å²) in [6, 6.07) is 13.5. The van der Waals surface area contributed by atoms with Gasteiger partial charge in [-0.05, 0) is 62.2 Å². The minimum Gasteiger partial charge on any atom is -0.496 e. The highest BCUT2D eigenvalue weighted by Gasteiger charge is 2.31. The molecular weight excluding hydrogens is 462 g/mol. The fourth-order valence-corrected chi connectivity index (χ4v) is 4.41. The van der Waals surface area contributed by atoms with Crippen molar-refractivity contribution in [3.63, 3.8) is 0 Å². The van der Waals surface area contributed by atoms with Gasteiger partial charge in [0, 0.05) is 34.5 Å². The second kappa shape index (κ2) is 9.17. The zero-order valence-electron chi connectivity index (χ0n) is 19.7. The Labute approximate surface area is 201 Å². The van der Waals surface area contributed by atoms with Gasteiger partial charge in [-0.2, -0.15) is 0 Å². The molecule has 4 rings (SSSR count). The standard InChI is InChI=1S/C27H25F4NO3/c1-16-14-26(2,3)32-23-11-10-20(21-9-8-17(28)12-24(21)33-4)22(25(16)23)15-34-18-6-5-7-19(13-18)35-27(29,30)31/h5-14,32H,15H2,1-4H3. The molecule has 0 fully saturated rings. The first-order valence-corrected chi connectivity index (χ1v) is 10.9. The van der Waals surface area contributed by atoms with Crippen molar-refractivity contribution >= 4 is 11.3 Å². The molecule has 0 amide bonds. The lowest BCUT2D eigenvalue weighted by Gasteiger charge is -2.33. The molecule has 1 aliphatic heterocycles. The highest BCUT2D eigenvalue weighted by atomic mass is 19.4. The van der Waals surface area contributed by atoms with Crippen molar-refractivity contribution < 1.29 is 31.8 Å². The first-order valence-electron chi connectivity index (χ1n) is 10.9. The molecular formula is C27H25F4NO3. The van der Waals surface area contributed by atoms with Crippen LogP contribution >= 0.6 is 0 Å². The SMILES string of the molecule is COc1cc(F)ccc1-c1ccc2c(c1COc1cccc(OC(F)(F)F)c1)C(C)=CC(C)(C)N2. The lowest BCUT2D eigenvalue weighted by atomic mass is 9.85. The van der Waals surface area contributed by atoms with Crippen molar-refractivity contribution in [3.05, 3.63) is 77.6 Å². The van der Waals surface area contributed by atoms with Crippen LogP contribution in [0.4, 0.5) is 23.2 Å². The summed E-state index contributed by atoms with van der Waals surface area (Å²) < 4.78 is 67.2. The second-order valence-electron chi connectivity index (χ2n) is 8.84. The number of anilines is 1. The molecule has 0 bridgehead atoms. The molecule has 1 aliphatic rings. The summed E-state index contributed by atoms with van der Waals surface area (Å²) in [4.78, 5) is 0. The monoisotopic (exact) mass is 487 g/mol. The Morgan fingerprint density at radius 2 is 1.66 bits per heavy atom. The number of fused-ring (bicyclic) bond motifs is 1. The molecule has 0 radical (unpaired) electrons. The second-order valence-corrected chi connectivity index (χ2v) is 8.84. The van der Waals surface area contributed by atoms with Crippen molar-refractivity contribution in [3.8, 4) is 28.4 Å². The molecule has 184 valence electrons. The van der Waals surface area contributed by atoms with Gasteiger partial charge < -0.3 is 19.5 Å². The number of methoxy groups -OCH3 is 1. The van der Waals surface area contributed by atoms with E-state index in [1.54, 1.807) is 12.1 Å². The molecule has 4 nitrogen and oxygen atoms in total. The van der Waals surface area contributed by atoms with Gasteiger partial charge in [-0.15, -0.1) is 13.2 Å². The summed E-state index contributed by atoms with van der Waals surface area (Å²) in [6.45, 7) is 6.15. The van der Waals surface area contributed by atoms with Crippen LogP contribution in [0.2, 0.25) is 0 Å². The molecule has 1 N–H and O–H groups in total. The molecule has 35 heavy (non-hydrogen) atoms.